The number of nitrogens with one attached hydrogen (secondary N) is 2. The third-order valence-corrected chi connectivity index (χ3v) is 4.21. The number of hydrogen-bond acceptors (Lipinski definition) is 3. The number of nitrogens with zero attached hydrogens (tertiary/aromatic N) is 1. The van der Waals surface area contributed by atoms with Crippen LogP contribution in [0.25, 0.3) is 0 Å². The van der Waals surface area contributed by atoms with Gasteiger partial charge in [-0.25, -0.2) is 9.59 Å². The van der Waals surface area contributed by atoms with Crippen LogP contribution in [0.2, 0.25) is 0 Å². The lowest BCUT2D eigenvalue weighted by Gasteiger charge is -2.26. The predicted molar refractivity (Wildman–Crippen MR) is 79.8 cm³/mol. The Labute approximate surface area is 130 Å². The number of urea groups is 1. The van der Waals surface area contributed by atoms with Gasteiger partial charge in [0, 0.05) is 4.47 Å². The van der Waals surface area contributed by atoms with Crippen molar-refractivity contribution in [3.8, 4) is 6.07 Å². The highest BCUT2D eigenvalue weighted by atomic mass is 79.9. The molecule has 2 rings (SSSR count). The highest BCUT2D eigenvalue weighted by molar-refractivity contribution is 9.10. The summed E-state index contributed by atoms with van der Waals surface area (Å²) in [7, 11) is 0. The molecule has 0 saturated heterocycles. The van der Waals surface area contributed by atoms with Crippen molar-refractivity contribution in [2.75, 3.05) is 5.32 Å². The highest BCUT2D eigenvalue weighted by Gasteiger charge is 2.48. The van der Waals surface area contributed by atoms with E-state index in [9.17, 15) is 14.7 Å². The van der Waals surface area contributed by atoms with Crippen molar-refractivity contribution in [3.05, 3.63) is 28.2 Å². The second kappa shape index (κ2) is 5.74. The SMILES string of the molecule is CC(NC(=O)Nc1ccc(C#N)cc1Br)(C(=O)O)C1CC1. The van der Waals surface area contributed by atoms with Crippen molar-refractivity contribution >= 4 is 33.6 Å². The number of aliphatic carboxylic acids is 1. The average Bonchev–Trinajstić information content (AvgIpc) is 3.25. The molecule has 1 aromatic rings. The molecule has 0 heterocycles. The summed E-state index contributed by atoms with van der Waals surface area (Å²) in [6.07, 6.45) is 1.59. The highest BCUT2D eigenvalue weighted by Crippen LogP contribution is 2.39. The Morgan fingerprint density at radius 2 is 2.14 bits per heavy atom. The number of hydrogen-bond donors (Lipinski definition) is 3. The van der Waals surface area contributed by atoms with Gasteiger partial charge >= 0.3 is 12.0 Å². The zero-order valence-corrected chi connectivity index (χ0v) is 12.9. The van der Waals surface area contributed by atoms with E-state index in [1.165, 1.54) is 6.92 Å². The molecular formula is C14H14BrN3O3. The molecule has 1 aromatic carbocycles. The zero-order chi connectivity index (χ0) is 15.6. The number of rotatable bonds is 4. The molecule has 1 unspecified atom stereocenters. The first-order valence-electron chi connectivity index (χ1n) is 6.39. The molecule has 0 aliphatic heterocycles. The maximum Gasteiger partial charge on any atom is 0.329 e. The number of nitriles is 1. The van der Waals surface area contributed by atoms with Crippen LogP contribution < -0.4 is 10.6 Å². The molecule has 1 aliphatic rings. The van der Waals surface area contributed by atoms with E-state index in [4.69, 9.17) is 5.26 Å². The van der Waals surface area contributed by atoms with Crippen molar-refractivity contribution in [2.45, 2.75) is 25.3 Å². The number of carboxylic acid groups (broad SMARTS) is 1. The summed E-state index contributed by atoms with van der Waals surface area (Å²) in [6.45, 7) is 1.51. The van der Waals surface area contributed by atoms with Crippen molar-refractivity contribution in [1.29, 1.82) is 5.26 Å². The molecule has 21 heavy (non-hydrogen) atoms. The predicted octanol–water partition coefficient (Wildman–Crippen LogP) is 2.70. The Morgan fingerprint density at radius 3 is 2.62 bits per heavy atom. The second-order valence-electron chi connectivity index (χ2n) is 5.17. The minimum absolute atomic E-state index is 0.0369. The van der Waals surface area contributed by atoms with Gasteiger partial charge in [0.25, 0.3) is 0 Å². The summed E-state index contributed by atoms with van der Waals surface area (Å²) in [5.74, 6) is -1.08. The Hall–Kier alpha value is -2.07. The molecular weight excluding hydrogens is 338 g/mol. The van der Waals surface area contributed by atoms with Crippen molar-refractivity contribution < 1.29 is 14.7 Å². The third-order valence-electron chi connectivity index (χ3n) is 3.56. The maximum absolute atomic E-state index is 12.0. The third kappa shape index (κ3) is 3.34. The normalized spacial score (nSPS) is 16.4. The van der Waals surface area contributed by atoms with Crippen molar-refractivity contribution in [2.24, 2.45) is 5.92 Å². The fourth-order valence-corrected chi connectivity index (χ4v) is 2.54. The van der Waals surface area contributed by atoms with Crippen LogP contribution in [0.1, 0.15) is 25.3 Å². The fourth-order valence-electron chi connectivity index (χ4n) is 2.07. The van der Waals surface area contributed by atoms with E-state index in [0.29, 0.717) is 15.7 Å². The van der Waals surface area contributed by atoms with Gasteiger partial charge in [-0.2, -0.15) is 5.26 Å². The molecule has 0 spiro atoms. The number of carbonyl (C=O) groups is 2. The summed E-state index contributed by atoms with van der Waals surface area (Å²) in [5, 5.41) is 23.2. The number of halogens is 1. The first-order chi connectivity index (χ1) is 9.86. The van der Waals surface area contributed by atoms with Gasteiger partial charge in [0.15, 0.2) is 0 Å². The molecule has 1 saturated carbocycles. The fraction of sp³-hybridized carbons (Fsp3) is 0.357. The lowest BCUT2D eigenvalue weighted by atomic mass is 9.96. The number of carboxylic acids is 1. The molecule has 1 fully saturated rings. The van der Waals surface area contributed by atoms with Gasteiger partial charge in [0.2, 0.25) is 0 Å². The van der Waals surface area contributed by atoms with Gasteiger partial charge in [0.1, 0.15) is 5.54 Å². The molecule has 6 nitrogen and oxygen atoms in total. The summed E-state index contributed by atoms with van der Waals surface area (Å²) in [4.78, 5) is 23.4. The molecule has 0 radical (unpaired) electrons. The van der Waals surface area contributed by atoms with Gasteiger partial charge in [-0.15, -0.1) is 0 Å². The lowest BCUT2D eigenvalue weighted by Crippen LogP contribution is -2.55. The molecule has 7 heteroatoms. The monoisotopic (exact) mass is 351 g/mol. The Bertz CT molecular complexity index is 637. The van der Waals surface area contributed by atoms with E-state index in [1.54, 1.807) is 18.2 Å². The number of anilines is 1. The second-order valence-corrected chi connectivity index (χ2v) is 6.02. The summed E-state index contributed by atoms with van der Waals surface area (Å²) in [5.41, 5.74) is -0.334. The van der Waals surface area contributed by atoms with Gasteiger partial charge in [0.05, 0.1) is 17.3 Å². The van der Waals surface area contributed by atoms with Gasteiger partial charge < -0.3 is 15.7 Å². The summed E-state index contributed by atoms with van der Waals surface area (Å²) >= 11 is 3.26. The zero-order valence-electron chi connectivity index (χ0n) is 11.3. The molecule has 3 N–H and O–H groups in total. The van der Waals surface area contributed by atoms with Crippen molar-refractivity contribution in [1.82, 2.24) is 5.32 Å². The van der Waals surface area contributed by atoms with Gasteiger partial charge in [-0.1, -0.05) is 0 Å². The quantitative estimate of drug-likeness (QED) is 0.775. The van der Waals surface area contributed by atoms with Crippen LogP contribution in [0.5, 0.6) is 0 Å². The minimum atomic E-state index is -1.26. The van der Waals surface area contributed by atoms with E-state index in [0.717, 1.165) is 12.8 Å². The average molecular weight is 352 g/mol. The van der Waals surface area contributed by atoms with Crippen molar-refractivity contribution in [3.63, 3.8) is 0 Å². The first kappa shape index (κ1) is 15.3. The van der Waals surface area contributed by atoms with E-state index < -0.39 is 17.5 Å². The van der Waals surface area contributed by atoms with Gasteiger partial charge in [-0.3, -0.25) is 0 Å². The number of amides is 2. The lowest BCUT2D eigenvalue weighted by molar-refractivity contribution is -0.144. The summed E-state index contributed by atoms with van der Waals surface area (Å²) < 4.78 is 0.556. The van der Waals surface area contributed by atoms with Crippen LogP contribution in [0.3, 0.4) is 0 Å². The van der Waals surface area contributed by atoms with Crippen LogP contribution in [0.15, 0.2) is 22.7 Å². The maximum atomic E-state index is 12.0. The van der Waals surface area contributed by atoms with Crippen LogP contribution in [-0.2, 0) is 4.79 Å². The van der Waals surface area contributed by atoms with E-state index >= 15 is 0 Å². The van der Waals surface area contributed by atoms with E-state index in [-0.39, 0.29) is 5.92 Å². The smallest absolute Gasteiger partial charge is 0.329 e. The molecule has 1 aliphatic carbocycles. The number of benzene rings is 1. The molecule has 0 aromatic heterocycles. The van der Waals surface area contributed by atoms with E-state index in [2.05, 4.69) is 26.6 Å². The molecule has 0 bridgehead atoms. The summed E-state index contributed by atoms with van der Waals surface area (Å²) in [6, 6.07) is 6.13. The van der Waals surface area contributed by atoms with Crippen LogP contribution in [-0.4, -0.2) is 22.6 Å². The van der Waals surface area contributed by atoms with Crippen LogP contribution in [0.4, 0.5) is 10.5 Å². The van der Waals surface area contributed by atoms with E-state index in [1.807, 2.05) is 6.07 Å². The Morgan fingerprint density at radius 1 is 1.48 bits per heavy atom. The standard InChI is InChI=1S/C14H14BrN3O3/c1-14(12(19)20,9-3-4-9)18-13(21)17-11-5-2-8(7-16)6-10(11)15/h2,5-6,9H,3-4H2,1H3,(H,19,20)(H2,17,18,21). The Kier molecular flexibility index (Phi) is 4.19. The molecule has 2 amide bonds. The first-order valence-corrected chi connectivity index (χ1v) is 7.18. The largest absolute Gasteiger partial charge is 0.480 e. The topological polar surface area (TPSA) is 102 Å². The Balaban J connectivity index is 2.08. The molecule has 110 valence electrons. The number of carbonyl (C=O) groups excluding carboxylic acids is 1. The van der Waals surface area contributed by atoms with Gasteiger partial charge in [-0.05, 0) is 59.8 Å². The van der Waals surface area contributed by atoms with Crippen LogP contribution in [0, 0.1) is 17.2 Å². The van der Waals surface area contributed by atoms with Crippen LogP contribution >= 0.6 is 15.9 Å². The molecule has 1 atom stereocenters. The minimum Gasteiger partial charge on any atom is -0.480 e.